The van der Waals surface area contributed by atoms with Gasteiger partial charge in [0, 0.05) is 24.5 Å². The molecule has 94 valence electrons. The van der Waals surface area contributed by atoms with Crippen LogP contribution < -0.4 is 5.73 Å². The number of nitrogen functional groups attached to an aromatic ring is 1. The van der Waals surface area contributed by atoms with Crippen molar-refractivity contribution in [1.29, 1.82) is 0 Å². The molecule has 0 aromatic carbocycles. The molecule has 1 aromatic rings. The Hall–Kier alpha value is -1.09. The van der Waals surface area contributed by atoms with E-state index < -0.39 is 0 Å². The van der Waals surface area contributed by atoms with Crippen molar-refractivity contribution in [2.24, 2.45) is 0 Å². The average molecular weight is 233 g/mol. The lowest BCUT2D eigenvalue weighted by molar-refractivity contribution is 0.130. The largest absolute Gasteiger partial charge is 0.399 e. The van der Waals surface area contributed by atoms with Gasteiger partial charge in [0.1, 0.15) is 0 Å². The van der Waals surface area contributed by atoms with Crippen molar-refractivity contribution >= 4 is 5.69 Å². The zero-order valence-electron chi connectivity index (χ0n) is 10.7. The summed E-state index contributed by atoms with van der Waals surface area (Å²) in [5.41, 5.74) is 7.72. The minimum absolute atomic E-state index is 0.747. The van der Waals surface area contributed by atoms with E-state index in [1.54, 1.807) is 0 Å². The second kappa shape index (κ2) is 6.01. The molecule has 0 aliphatic carbocycles. The summed E-state index contributed by atoms with van der Waals surface area (Å²) in [6.07, 6.45) is 8.43. The lowest BCUT2D eigenvalue weighted by Gasteiger charge is -2.35. The Morgan fingerprint density at radius 2 is 2.35 bits per heavy atom. The van der Waals surface area contributed by atoms with Crippen LogP contribution in [0.3, 0.4) is 0 Å². The van der Waals surface area contributed by atoms with Crippen molar-refractivity contribution in [3.63, 3.8) is 0 Å². The van der Waals surface area contributed by atoms with Crippen LogP contribution in [-0.4, -0.2) is 22.5 Å². The molecular formula is C14H23N3. The highest BCUT2D eigenvalue weighted by atomic mass is 15.2. The van der Waals surface area contributed by atoms with Gasteiger partial charge in [-0.15, -0.1) is 0 Å². The van der Waals surface area contributed by atoms with Crippen molar-refractivity contribution in [1.82, 2.24) is 9.88 Å². The van der Waals surface area contributed by atoms with Gasteiger partial charge < -0.3 is 5.73 Å². The Kier molecular flexibility index (Phi) is 4.37. The molecule has 0 saturated carbocycles. The number of piperidine rings is 1. The van der Waals surface area contributed by atoms with Crippen LogP contribution in [-0.2, 0) is 6.54 Å². The van der Waals surface area contributed by atoms with Gasteiger partial charge in [0.25, 0.3) is 0 Å². The van der Waals surface area contributed by atoms with Crippen LogP contribution in [0.25, 0.3) is 0 Å². The predicted molar refractivity (Wildman–Crippen MR) is 71.6 cm³/mol. The van der Waals surface area contributed by atoms with Crippen molar-refractivity contribution in [2.75, 3.05) is 12.3 Å². The number of nitrogens with zero attached hydrogens (tertiary/aromatic N) is 2. The molecule has 1 aliphatic rings. The summed E-state index contributed by atoms with van der Waals surface area (Å²) in [6.45, 7) is 4.43. The maximum atomic E-state index is 5.80. The smallest absolute Gasteiger partial charge is 0.0564 e. The second-order valence-corrected chi connectivity index (χ2v) is 4.99. The lowest BCUT2D eigenvalue weighted by atomic mass is 9.98. The molecule has 17 heavy (non-hydrogen) atoms. The topological polar surface area (TPSA) is 42.1 Å². The summed E-state index contributed by atoms with van der Waals surface area (Å²) >= 11 is 0. The van der Waals surface area contributed by atoms with Crippen molar-refractivity contribution in [3.8, 4) is 0 Å². The summed E-state index contributed by atoms with van der Waals surface area (Å²) in [5.74, 6) is 0. The molecule has 0 spiro atoms. The third kappa shape index (κ3) is 3.43. The van der Waals surface area contributed by atoms with Crippen molar-refractivity contribution in [3.05, 3.63) is 24.0 Å². The van der Waals surface area contributed by atoms with Gasteiger partial charge in [0.05, 0.1) is 5.69 Å². The van der Waals surface area contributed by atoms with Crippen LogP contribution >= 0.6 is 0 Å². The predicted octanol–water partition coefficient (Wildman–Crippen LogP) is 2.82. The first-order valence-electron chi connectivity index (χ1n) is 6.74. The standard InChI is InChI=1S/C14H23N3/c1-2-5-14-6-3-4-9-17(14)11-13-10-12(15)7-8-16-13/h7-8,10,14H,2-6,9,11H2,1H3,(H2,15,16). The first-order chi connectivity index (χ1) is 8.29. The highest BCUT2D eigenvalue weighted by Gasteiger charge is 2.21. The molecule has 1 fully saturated rings. The van der Waals surface area contributed by atoms with Gasteiger partial charge in [0.2, 0.25) is 0 Å². The van der Waals surface area contributed by atoms with Crippen LogP contribution in [0, 0.1) is 0 Å². The van der Waals surface area contributed by atoms with E-state index in [9.17, 15) is 0 Å². The van der Waals surface area contributed by atoms with E-state index in [0.29, 0.717) is 0 Å². The summed E-state index contributed by atoms with van der Waals surface area (Å²) < 4.78 is 0. The van der Waals surface area contributed by atoms with E-state index in [4.69, 9.17) is 5.73 Å². The molecule has 3 nitrogen and oxygen atoms in total. The van der Waals surface area contributed by atoms with E-state index >= 15 is 0 Å². The molecule has 1 atom stereocenters. The second-order valence-electron chi connectivity index (χ2n) is 4.99. The summed E-state index contributed by atoms with van der Waals surface area (Å²) in [4.78, 5) is 6.98. The molecule has 2 heterocycles. The van der Waals surface area contributed by atoms with Crippen LogP contribution in [0.5, 0.6) is 0 Å². The van der Waals surface area contributed by atoms with E-state index in [0.717, 1.165) is 24.0 Å². The van der Waals surface area contributed by atoms with Gasteiger partial charge >= 0.3 is 0 Å². The van der Waals surface area contributed by atoms with Gasteiger partial charge in [0.15, 0.2) is 0 Å². The van der Waals surface area contributed by atoms with Crippen LogP contribution in [0.15, 0.2) is 18.3 Å². The lowest BCUT2D eigenvalue weighted by Crippen LogP contribution is -2.39. The fourth-order valence-electron chi connectivity index (χ4n) is 2.72. The summed E-state index contributed by atoms with van der Waals surface area (Å²) in [5, 5.41) is 0. The van der Waals surface area contributed by atoms with Gasteiger partial charge in [-0.05, 0) is 37.9 Å². The third-order valence-electron chi connectivity index (χ3n) is 3.58. The highest BCUT2D eigenvalue weighted by Crippen LogP contribution is 2.22. The number of hydrogen-bond donors (Lipinski definition) is 1. The number of anilines is 1. The number of aromatic nitrogens is 1. The first-order valence-corrected chi connectivity index (χ1v) is 6.74. The molecule has 0 amide bonds. The average Bonchev–Trinajstić information content (AvgIpc) is 2.32. The van der Waals surface area contributed by atoms with Crippen LogP contribution in [0.4, 0.5) is 5.69 Å². The molecule has 0 radical (unpaired) electrons. The Bertz CT molecular complexity index is 349. The maximum absolute atomic E-state index is 5.80. The molecule has 1 aliphatic heterocycles. The minimum Gasteiger partial charge on any atom is -0.399 e. The van der Waals surface area contributed by atoms with E-state index in [2.05, 4.69) is 16.8 Å². The molecule has 0 bridgehead atoms. The Labute approximate surface area is 104 Å². The van der Waals surface area contributed by atoms with Crippen LogP contribution in [0.1, 0.15) is 44.7 Å². The van der Waals surface area contributed by atoms with E-state index in [-0.39, 0.29) is 0 Å². The number of pyridine rings is 1. The Balaban J connectivity index is 2.00. The van der Waals surface area contributed by atoms with Gasteiger partial charge in [-0.3, -0.25) is 9.88 Å². The monoisotopic (exact) mass is 233 g/mol. The fourth-order valence-corrected chi connectivity index (χ4v) is 2.72. The van der Waals surface area contributed by atoms with Gasteiger partial charge in [-0.2, -0.15) is 0 Å². The summed E-state index contributed by atoms with van der Waals surface area (Å²) in [7, 11) is 0. The van der Waals surface area contributed by atoms with E-state index in [1.165, 1.54) is 38.6 Å². The fraction of sp³-hybridized carbons (Fsp3) is 0.643. The molecule has 1 saturated heterocycles. The van der Waals surface area contributed by atoms with Gasteiger partial charge in [-0.25, -0.2) is 0 Å². The number of rotatable bonds is 4. The SMILES string of the molecule is CCCC1CCCCN1Cc1cc(N)ccn1. The molecule has 1 aromatic heterocycles. The minimum atomic E-state index is 0.747. The van der Waals surface area contributed by atoms with Crippen molar-refractivity contribution in [2.45, 2.75) is 51.6 Å². The third-order valence-corrected chi connectivity index (χ3v) is 3.58. The number of likely N-dealkylation sites (tertiary alicyclic amines) is 1. The number of hydrogen-bond acceptors (Lipinski definition) is 3. The zero-order valence-corrected chi connectivity index (χ0v) is 10.7. The Morgan fingerprint density at radius 1 is 1.47 bits per heavy atom. The normalized spacial score (nSPS) is 21.6. The molecule has 3 heteroatoms. The molecule has 2 rings (SSSR count). The molecule has 2 N–H and O–H groups in total. The molecule has 1 unspecified atom stereocenters. The Morgan fingerprint density at radius 3 is 3.12 bits per heavy atom. The van der Waals surface area contributed by atoms with Crippen LogP contribution in [0.2, 0.25) is 0 Å². The zero-order chi connectivity index (χ0) is 12.1. The summed E-state index contributed by atoms with van der Waals surface area (Å²) in [6, 6.07) is 4.60. The van der Waals surface area contributed by atoms with Crippen molar-refractivity contribution < 1.29 is 0 Å². The molecular weight excluding hydrogens is 210 g/mol. The van der Waals surface area contributed by atoms with E-state index in [1.807, 2.05) is 18.3 Å². The first kappa shape index (κ1) is 12.4. The van der Waals surface area contributed by atoms with Gasteiger partial charge in [-0.1, -0.05) is 19.8 Å². The highest BCUT2D eigenvalue weighted by molar-refractivity contribution is 5.37. The number of nitrogens with two attached hydrogens (primary N) is 1. The quantitative estimate of drug-likeness (QED) is 0.869. The maximum Gasteiger partial charge on any atom is 0.0564 e.